The molecule has 0 saturated heterocycles. The van der Waals surface area contributed by atoms with E-state index in [1.54, 1.807) is 0 Å². The van der Waals surface area contributed by atoms with E-state index >= 15 is 0 Å². The summed E-state index contributed by atoms with van der Waals surface area (Å²) in [5.74, 6) is 0. The third kappa shape index (κ3) is 5.82. The number of hydrogen-bond donors (Lipinski definition) is 1. The summed E-state index contributed by atoms with van der Waals surface area (Å²) in [4.78, 5) is 26.7. The first-order valence-electron chi connectivity index (χ1n) is 1.53. The Balaban J connectivity index is 3.57. The molecule has 4 nitrogen and oxygen atoms in total. The molecule has 0 heterocycles. The fourth-order valence-corrected chi connectivity index (χ4v) is 0.283. The van der Waals surface area contributed by atoms with Crippen molar-refractivity contribution in [3.63, 3.8) is 0 Å². The molecule has 0 amide bonds. The monoisotopic (exact) mass is 123 g/mol. The largest absolute Gasteiger partial charge is 0.778 e. The molecule has 1 unspecified atom stereocenters. The van der Waals surface area contributed by atoms with Gasteiger partial charge in [-0.05, 0) is 0 Å². The predicted octanol–water partition coefficient (Wildman–Crippen LogP) is -1.27. The molecule has 7 heavy (non-hydrogen) atoms. The summed E-state index contributed by atoms with van der Waals surface area (Å²) in [5, 5.41) is 0. The van der Waals surface area contributed by atoms with E-state index in [0.717, 1.165) is 0 Å². The molecule has 5 heteroatoms. The number of rotatable bonds is 2. The second-order valence-electron chi connectivity index (χ2n) is 0.987. The molecule has 0 radical (unpaired) electrons. The van der Waals surface area contributed by atoms with E-state index in [4.69, 9.17) is 4.89 Å². The van der Waals surface area contributed by atoms with Crippen molar-refractivity contribution in [2.24, 2.45) is 0 Å². The van der Waals surface area contributed by atoms with Gasteiger partial charge >= 0.3 is 0 Å². The van der Waals surface area contributed by atoms with Crippen LogP contribution in [0.1, 0.15) is 0 Å². The fourth-order valence-electron chi connectivity index (χ4n) is 0.0942. The van der Waals surface area contributed by atoms with Crippen LogP contribution in [0.25, 0.3) is 0 Å². The first-order chi connectivity index (χ1) is 3.06. The third-order valence-electron chi connectivity index (χ3n) is 0.305. The Morgan fingerprint density at radius 3 is 2.29 bits per heavy atom. The second kappa shape index (κ2) is 2.21. The van der Waals surface area contributed by atoms with Crippen molar-refractivity contribution in [3.8, 4) is 0 Å². The van der Waals surface area contributed by atoms with Gasteiger partial charge in [0, 0.05) is 0 Å². The molecule has 0 spiro atoms. The lowest BCUT2D eigenvalue weighted by molar-refractivity contribution is -0.192. The Morgan fingerprint density at radius 2 is 2.29 bits per heavy atom. The van der Waals surface area contributed by atoms with Crippen LogP contribution in [0.2, 0.25) is 0 Å². The first kappa shape index (κ1) is 6.82. The summed E-state index contributed by atoms with van der Waals surface area (Å²) in [6.07, 6.45) is -0.652. The van der Waals surface area contributed by atoms with Gasteiger partial charge in [-0.15, -0.1) is 0 Å². The minimum absolute atomic E-state index is 0.133. The number of aldehydes is 1. The van der Waals surface area contributed by atoms with Gasteiger partial charge in [-0.2, -0.15) is 0 Å². The summed E-state index contributed by atoms with van der Waals surface area (Å²) in [5.41, 5.74) is 0. The Labute approximate surface area is 40.3 Å². The molecule has 0 aliphatic carbocycles. The molecule has 0 aromatic heterocycles. The summed E-state index contributed by atoms with van der Waals surface area (Å²) in [6, 6.07) is 0. The van der Waals surface area contributed by atoms with E-state index in [-0.39, 0.29) is 6.29 Å². The van der Waals surface area contributed by atoms with Crippen LogP contribution in [0.15, 0.2) is 0 Å². The number of hydrogen-bond acceptors (Lipinski definition) is 3. The number of carbonyl (C=O) groups is 1. The summed E-state index contributed by atoms with van der Waals surface area (Å²) in [6.45, 7) is 0. The van der Waals surface area contributed by atoms with Crippen LogP contribution in [-0.2, 0) is 9.36 Å². The molecule has 0 fully saturated rings. The molecule has 0 aliphatic heterocycles. The molecule has 0 bridgehead atoms. The van der Waals surface area contributed by atoms with Crippen LogP contribution in [-0.4, -0.2) is 17.3 Å². The molecular formula is C2H4O4P-. The highest BCUT2D eigenvalue weighted by atomic mass is 31.2. The average Bonchev–Trinajstić information content (AvgIpc) is 1.30. The molecule has 1 N–H and O–H groups in total. The van der Waals surface area contributed by atoms with Crippen LogP contribution in [0.4, 0.5) is 0 Å². The van der Waals surface area contributed by atoms with Crippen molar-refractivity contribution in [2.75, 3.05) is 6.16 Å². The van der Waals surface area contributed by atoms with Crippen LogP contribution in [0, 0.1) is 0 Å². The van der Waals surface area contributed by atoms with Crippen LogP contribution in [0.5, 0.6) is 0 Å². The zero-order chi connectivity index (χ0) is 5.91. The minimum Gasteiger partial charge on any atom is -0.778 e. The van der Waals surface area contributed by atoms with Gasteiger partial charge in [-0.1, -0.05) is 0 Å². The van der Waals surface area contributed by atoms with Gasteiger partial charge in [-0.25, -0.2) is 0 Å². The maximum Gasteiger partial charge on any atom is 0.139 e. The van der Waals surface area contributed by atoms with Gasteiger partial charge in [0.1, 0.15) is 13.9 Å². The van der Waals surface area contributed by atoms with Crippen molar-refractivity contribution in [1.82, 2.24) is 0 Å². The topological polar surface area (TPSA) is 77.4 Å². The van der Waals surface area contributed by atoms with Gasteiger partial charge in [0.25, 0.3) is 0 Å². The molecule has 0 aromatic carbocycles. The number of carbonyl (C=O) groups excluding carboxylic acids is 1. The Bertz CT molecular complexity index is 102. The lowest BCUT2D eigenvalue weighted by atomic mass is 10.9. The van der Waals surface area contributed by atoms with Gasteiger partial charge < -0.3 is 19.1 Å². The minimum atomic E-state index is -4.28. The van der Waals surface area contributed by atoms with Gasteiger partial charge in [0.2, 0.25) is 0 Å². The highest BCUT2D eigenvalue weighted by molar-refractivity contribution is 7.51. The van der Waals surface area contributed by atoms with Crippen LogP contribution in [0.3, 0.4) is 0 Å². The van der Waals surface area contributed by atoms with Crippen molar-refractivity contribution >= 4 is 13.9 Å². The molecular weight excluding hydrogens is 119 g/mol. The van der Waals surface area contributed by atoms with E-state index in [1.807, 2.05) is 0 Å². The Hall–Kier alpha value is -0.180. The molecule has 0 rings (SSSR count). The highest BCUT2D eigenvalue weighted by Gasteiger charge is 1.96. The van der Waals surface area contributed by atoms with Gasteiger partial charge in [0.15, 0.2) is 0 Å². The first-order valence-corrected chi connectivity index (χ1v) is 3.29. The summed E-state index contributed by atoms with van der Waals surface area (Å²) in [7, 11) is -4.28. The maximum absolute atomic E-state index is 9.58. The van der Waals surface area contributed by atoms with E-state index in [9.17, 15) is 14.3 Å². The molecule has 0 aliphatic rings. The lowest BCUT2D eigenvalue weighted by Crippen LogP contribution is -2.03. The van der Waals surface area contributed by atoms with Crippen LogP contribution >= 0.6 is 7.60 Å². The lowest BCUT2D eigenvalue weighted by Gasteiger charge is -2.09. The van der Waals surface area contributed by atoms with Crippen molar-refractivity contribution < 1.29 is 19.1 Å². The van der Waals surface area contributed by atoms with E-state index in [1.165, 1.54) is 0 Å². The van der Waals surface area contributed by atoms with Crippen molar-refractivity contribution in [1.29, 1.82) is 0 Å². The second-order valence-corrected chi connectivity index (χ2v) is 2.63. The summed E-state index contributed by atoms with van der Waals surface area (Å²) >= 11 is 0. The maximum atomic E-state index is 9.58. The molecule has 0 aromatic rings. The van der Waals surface area contributed by atoms with E-state index < -0.39 is 13.8 Å². The average molecular weight is 123 g/mol. The standard InChI is InChI=1S/C2H5O4P/c3-1-2-7(4,5)6/h1H,2H2,(H2,4,5,6)/p-1. The predicted molar refractivity (Wildman–Crippen MR) is 20.8 cm³/mol. The molecule has 1 atom stereocenters. The zero-order valence-corrected chi connectivity index (χ0v) is 4.30. The van der Waals surface area contributed by atoms with Crippen molar-refractivity contribution in [3.05, 3.63) is 0 Å². The van der Waals surface area contributed by atoms with E-state index in [2.05, 4.69) is 0 Å². The smallest absolute Gasteiger partial charge is 0.139 e. The highest BCUT2D eigenvalue weighted by Crippen LogP contribution is 2.25. The van der Waals surface area contributed by atoms with Crippen LogP contribution < -0.4 is 4.89 Å². The Kier molecular flexibility index (Phi) is 2.15. The van der Waals surface area contributed by atoms with Gasteiger partial charge in [0.05, 0.1) is 6.16 Å². The van der Waals surface area contributed by atoms with E-state index in [0.29, 0.717) is 0 Å². The quantitative estimate of drug-likeness (QED) is 0.367. The SMILES string of the molecule is O=CCP(=O)([O-])O. The van der Waals surface area contributed by atoms with Gasteiger partial charge in [-0.3, -0.25) is 0 Å². The molecule has 42 valence electrons. The fraction of sp³-hybridized carbons (Fsp3) is 0.500. The normalized spacial score (nSPS) is 18.0. The zero-order valence-electron chi connectivity index (χ0n) is 3.40. The van der Waals surface area contributed by atoms with Crippen molar-refractivity contribution in [2.45, 2.75) is 0 Å². The third-order valence-corrected chi connectivity index (χ3v) is 0.916. The Morgan fingerprint density at radius 1 is 1.86 bits per heavy atom. The molecule has 0 saturated carbocycles. The summed E-state index contributed by atoms with van der Waals surface area (Å²) < 4.78 is 9.58.